The van der Waals surface area contributed by atoms with E-state index in [9.17, 15) is 4.79 Å². The summed E-state index contributed by atoms with van der Waals surface area (Å²) in [4.78, 5) is 13.0. The molecule has 3 heteroatoms. The quantitative estimate of drug-likeness (QED) is 0.810. The number of aryl methyl sites for hydroxylation is 1. The Morgan fingerprint density at radius 3 is 3.00 bits per heavy atom. The molecular weight excluding hydrogens is 224 g/mol. The number of nitrogens with zero attached hydrogens (tertiary/aromatic N) is 1. The van der Waals surface area contributed by atoms with Gasteiger partial charge in [0.1, 0.15) is 0 Å². The number of likely N-dealkylation sites (tertiary alicyclic amines) is 1. The first-order chi connectivity index (χ1) is 8.81. The van der Waals surface area contributed by atoms with Gasteiger partial charge in [0, 0.05) is 11.7 Å². The largest absolute Gasteiger partial charge is 0.328 e. The Morgan fingerprint density at radius 1 is 1.39 bits per heavy atom. The van der Waals surface area contributed by atoms with Crippen LogP contribution in [0, 0.1) is 0 Å². The molecule has 1 heterocycles. The number of carbonyl (C=O) groups excluding carboxylic acids is 1. The van der Waals surface area contributed by atoms with Crippen molar-refractivity contribution >= 4 is 12.1 Å². The molecule has 1 aromatic carbocycles. The van der Waals surface area contributed by atoms with E-state index in [0.29, 0.717) is 6.04 Å². The number of anilines is 1. The summed E-state index contributed by atoms with van der Waals surface area (Å²) >= 11 is 0. The molecule has 98 valence electrons. The summed E-state index contributed by atoms with van der Waals surface area (Å²) in [6.07, 6.45) is 6.95. The molecule has 3 nitrogen and oxygen atoms in total. The van der Waals surface area contributed by atoms with Gasteiger partial charge in [-0.25, -0.2) is 0 Å². The molecule has 1 N–H and O–H groups in total. The highest BCUT2D eigenvalue weighted by atomic mass is 16.1. The van der Waals surface area contributed by atoms with Crippen LogP contribution in [-0.2, 0) is 11.2 Å². The number of hydrogen-bond acceptors (Lipinski definition) is 2. The van der Waals surface area contributed by atoms with E-state index in [1.54, 1.807) is 0 Å². The zero-order valence-electron chi connectivity index (χ0n) is 11.1. The van der Waals surface area contributed by atoms with Crippen LogP contribution in [-0.4, -0.2) is 30.9 Å². The van der Waals surface area contributed by atoms with Crippen LogP contribution in [0.25, 0.3) is 0 Å². The molecule has 1 amide bonds. The van der Waals surface area contributed by atoms with Gasteiger partial charge >= 0.3 is 0 Å². The van der Waals surface area contributed by atoms with Crippen LogP contribution in [0.2, 0.25) is 0 Å². The Kier molecular flexibility index (Phi) is 4.76. The van der Waals surface area contributed by atoms with Crippen molar-refractivity contribution in [3.05, 3.63) is 29.8 Å². The van der Waals surface area contributed by atoms with Crippen LogP contribution in [0.5, 0.6) is 0 Å². The van der Waals surface area contributed by atoms with Gasteiger partial charge in [-0.2, -0.15) is 0 Å². The third-order valence-electron chi connectivity index (χ3n) is 3.90. The standard InChI is InChI=1S/C15H22N2O/c1-17-11-5-4-7-14(17)10-9-13-6-2-3-8-15(13)16-12-18/h2-3,6,8,12,14H,4-5,7,9-11H2,1H3,(H,16,18). The van der Waals surface area contributed by atoms with E-state index in [1.807, 2.05) is 18.2 Å². The molecule has 18 heavy (non-hydrogen) atoms. The minimum Gasteiger partial charge on any atom is -0.328 e. The first-order valence-corrected chi connectivity index (χ1v) is 6.79. The highest BCUT2D eigenvalue weighted by Gasteiger charge is 2.18. The van der Waals surface area contributed by atoms with E-state index in [4.69, 9.17) is 0 Å². The predicted molar refractivity (Wildman–Crippen MR) is 74.7 cm³/mol. The Labute approximate surface area is 109 Å². The molecule has 1 saturated heterocycles. The Balaban J connectivity index is 1.94. The van der Waals surface area contributed by atoms with Crippen molar-refractivity contribution in [2.24, 2.45) is 0 Å². The summed E-state index contributed by atoms with van der Waals surface area (Å²) in [5.74, 6) is 0. The minimum atomic E-state index is 0.697. The number of piperidine rings is 1. The van der Waals surface area contributed by atoms with E-state index in [0.717, 1.165) is 18.5 Å². The van der Waals surface area contributed by atoms with Gasteiger partial charge in [0.25, 0.3) is 0 Å². The second-order valence-electron chi connectivity index (χ2n) is 5.09. The van der Waals surface area contributed by atoms with Gasteiger partial charge in [-0.3, -0.25) is 4.79 Å². The third kappa shape index (κ3) is 3.33. The van der Waals surface area contributed by atoms with Crippen LogP contribution in [0.4, 0.5) is 5.69 Å². The third-order valence-corrected chi connectivity index (χ3v) is 3.90. The molecular formula is C15H22N2O. The normalized spacial score (nSPS) is 20.6. The zero-order valence-corrected chi connectivity index (χ0v) is 11.1. The first kappa shape index (κ1) is 13.1. The van der Waals surface area contributed by atoms with Crippen molar-refractivity contribution in [1.82, 2.24) is 4.90 Å². The fourth-order valence-electron chi connectivity index (χ4n) is 2.77. The molecule has 1 fully saturated rings. The maximum absolute atomic E-state index is 10.6. The van der Waals surface area contributed by atoms with E-state index in [-0.39, 0.29) is 0 Å². The van der Waals surface area contributed by atoms with Crippen LogP contribution in [0.3, 0.4) is 0 Å². The second kappa shape index (κ2) is 6.55. The molecule has 2 rings (SSSR count). The van der Waals surface area contributed by atoms with Crippen molar-refractivity contribution in [1.29, 1.82) is 0 Å². The molecule has 0 bridgehead atoms. The van der Waals surface area contributed by atoms with Crippen molar-refractivity contribution in [3.8, 4) is 0 Å². The van der Waals surface area contributed by atoms with Gasteiger partial charge in [-0.05, 0) is 50.9 Å². The van der Waals surface area contributed by atoms with Crippen molar-refractivity contribution in [3.63, 3.8) is 0 Å². The van der Waals surface area contributed by atoms with Crippen LogP contribution in [0.15, 0.2) is 24.3 Å². The SMILES string of the molecule is CN1CCCCC1CCc1ccccc1NC=O. The molecule has 1 aromatic rings. The Morgan fingerprint density at radius 2 is 2.22 bits per heavy atom. The fourth-order valence-corrected chi connectivity index (χ4v) is 2.77. The van der Waals surface area contributed by atoms with Gasteiger partial charge in [-0.15, -0.1) is 0 Å². The van der Waals surface area contributed by atoms with E-state index in [1.165, 1.54) is 37.8 Å². The van der Waals surface area contributed by atoms with E-state index < -0.39 is 0 Å². The summed E-state index contributed by atoms with van der Waals surface area (Å²) in [6, 6.07) is 8.77. The monoisotopic (exact) mass is 246 g/mol. The highest BCUT2D eigenvalue weighted by molar-refractivity contribution is 5.73. The van der Waals surface area contributed by atoms with E-state index in [2.05, 4.69) is 23.3 Å². The molecule has 1 aliphatic heterocycles. The van der Waals surface area contributed by atoms with Crippen molar-refractivity contribution in [2.75, 3.05) is 18.9 Å². The molecule has 1 unspecified atom stereocenters. The molecule has 1 aliphatic rings. The maximum atomic E-state index is 10.6. The summed E-state index contributed by atoms with van der Waals surface area (Å²) in [5, 5.41) is 2.78. The molecule has 0 aromatic heterocycles. The predicted octanol–water partition coefficient (Wildman–Crippen LogP) is 2.67. The zero-order chi connectivity index (χ0) is 12.8. The number of amides is 1. The number of carbonyl (C=O) groups is 1. The fraction of sp³-hybridized carbons (Fsp3) is 0.533. The van der Waals surface area contributed by atoms with Gasteiger partial charge in [0.15, 0.2) is 0 Å². The average molecular weight is 246 g/mol. The lowest BCUT2D eigenvalue weighted by Crippen LogP contribution is -2.36. The highest BCUT2D eigenvalue weighted by Crippen LogP contribution is 2.22. The summed E-state index contributed by atoms with van der Waals surface area (Å²) in [5.41, 5.74) is 2.19. The van der Waals surface area contributed by atoms with Crippen LogP contribution >= 0.6 is 0 Å². The van der Waals surface area contributed by atoms with Crippen molar-refractivity contribution < 1.29 is 4.79 Å². The lowest BCUT2D eigenvalue weighted by Gasteiger charge is -2.32. The maximum Gasteiger partial charge on any atom is 0.211 e. The van der Waals surface area contributed by atoms with Gasteiger partial charge in [-0.1, -0.05) is 24.6 Å². The number of benzene rings is 1. The minimum absolute atomic E-state index is 0.697. The number of para-hydroxylation sites is 1. The van der Waals surface area contributed by atoms with Gasteiger partial charge < -0.3 is 10.2 Å². The van der Waals surface area contributed by atoms with Gasteiger partial charge in [0.2, 0.25) is 6.41 Å². The molecule has 1 atom stereocenters. The van der Waals surface area contributed by atoms with Crippen LogP contribution in [0.1, 0.15) is 31.2 Å². The summed E-state index contributed by atoms with van der Waals surface area (Å²) in [7, 11) is 2.22. The first-order valence-electron chi connectivity index (χ1n) is 6.79. The summed E-state index contributed by atoms with van der Waals surface area (Å²) in [6.45, 7) is 1.22. The molecule has 0 spiro atoms. The topological polar surface area (TPSA) is 32.3 Å². The van der Waals surface area contributed by atoms with Crippen LogP contribution < -0.4 is 5.32 Å². The van der Waals surface area contributed by atoms with Crippen molar-refractivity contribution in [2.45, 2.75) is 38.1 Å². The molecule has 0 radical (unpaired) electrons. The van der Waals surface area contributed by atoms with Gasteiger partial charge in [0.05, 0.1) is 0 Å². The second-order valence-corrected chi connectivity index (χ2v) is 5.09. The average Bonchev–Trinajstić information content (AvgIpc) is 2.40. The number of rotatable bonds is 5. The summed E-state index contributed by atoms with van der Waals surface area (Å²) < 4.78 is 0. The Bertz CT molecular complexity index is 392. The lowest BCUT2D eigenvalue weighted by molar-refractivity contribution is -0.105. The smallest absolute Gasteiger partial charge is 0.211 e. The molecule has 0 saturated carbocycles. The number of nitrogens with one attached hydrogen (secondary N) is 1. The number of hydrogen-bond donors (Lipinski definition) is 1. The van der Waals surface area contributed by atoms with E-state index >= 15 is 0 Å². The Hall–Kier alpha value is -1.35. The molecule has 0 aliphatic carbocycles. The lowest BCUT2D eigenvalue weighted by atomic mass is 9.96.